The van der Waals surface area contributed by atoms with E-state index in [-0.39, 0.29) is 5.91 Å². The molecular weight excluding hydrogens is 290 g/mol. The highest BCUT2D eigenvalue weighted by molar-refractivity contribution is 5.97. The van der Waals surface area contributed by atoms with Gasteiger partial charge in [0, 0.05) is 12.3 Å². The Labute approximate surface area is 140 Å². The molecule has 0 aromatic heterocycles. The van der Waals surface area contributed by atoms with Crippen LogP contribution in [0.3, 0.4) is 0 Å². The van der Waals surface area contributed by atoms with Crippen LogP contribution in [0, 0.1) is 12.8 Å². The van der Waals surface area contributed by atoms with Crippen molar-refractivity contribution in [2.45, 2.75) is 60.0 Å². The number of carbonyl (C=O) groups is 1. The van der Waals surface area contributed by atoms with Gasteiger partial charge in [0.25, 0.3) is 5.91 Å². The topological polar surface area (TPSA) is 47.6 Å². The first-order valence-electron chi connectivity index (χ1n) is 8.51. The quantitative estimate of drug-likeness (QED) is 0.725. The molecule has 1 amide bonds. The van der Waals surface area contributed by atoms with Crippen molar-refractivity contribution in [3.05, 3.63) is 23.8 Å². The number of anilines is 1. The fraction of sp³-hybridized carbons (Fsp3) is 0.632. The normalized spacial score (nSPS) is 13.7. The van der Waals surface area contributed by atoms with Gasteiger partial charge in [0.05, 0.1) is 6.61 Å². The molecule has 0 bridgehead atoms. The molecule has 1 rings (SSSR count). The van der Waals surface area contributed by atoms with Gasteiger partial charge in [-0.05, 0) is 56.4 Å². The van der Waals surface area contributed by atoms with Gasteiger partial charge < -0.3 is 14.8 Å². The highest BCUT2D eigenvalue weighted by Crippen LogP contribution is 2.24. The summed E-state index contributed by atoms with van der Waals surface area (Å²) in [6.45, 7) is 13.3. The number of rotatable bonds is 9. The average Bonchev–Trinajstić information content (AvgIpc) is 2.51. The number of hydrogen-bond acceptors (Lipinski definition) is 3. The van der Waals surface area contributed by atoms with E-state index < -0.39 is 5.60 Å². The molecule has 23 heavy (non-hydrogen) atoms. The third kappa shape index (κ3) is 5.87. The fourth-order valence-electron chi connectivity index (χ4n) is 2.06. The van der Waals surface area contributed by atoms with Gasteiger partial charge >= 0.3 is 0 Å². The van der Waals surface area contributed by atoms with E-state index in [9.17, 15) is 4.79 Å². The van der Waals surface area contributed by atoms with E-state index in [1.807, 2.05) is 45.9 Å². The van der Waals surface area contributed by atoms with Crippen molar-refractivity contribution in [3.63, 3.8) is 0 Å². The minimum Gasteiger partial charge on any atom is -0.493 e. The van der Waals surface area contributed by atoms with Gasteiger partial charge in [-0.25, -0.2) is 0 Å². The lowest BCUT2D eigenvalue weighted by Crippen LogP contribution is -2.42. The van der Waals surface area contributed by atoms with Gasteiger partial charge in [0.2, 0.25) is 0 Å². The number of benzene rings is 1. The van der Waals surface area contributed by atoms with Crippen LogP contribution < -0.4 is 10.1 Å². The first kappa shape index (κ1) is 19.5. The fourth-order valence-corrected chi connectivity index (χ4v) is 2.06. The molecular formula is C19H31NO3. The molecule has 4 heteroatoms. The molecule has 130 valence electrons. The molecule has 0 saturated heterocycles. The highest BCUT2D eigenvalue weighted by Gasteiger charge is 2.32. The Kier molecular flexibility index (Phi) is 7.56. The van der Waals surface area contributed by atoms with Crippen molar-refractivity contribution in [2.75, 3.05) is 18.5 Å². The van der Waals surface area contributed by atoms with E-state index >= 15 is 0 Å². The summed E-state index contributed by atoms with van der Waals surface area (Å²) in [6.07, 6.45) is 1.53. The lowest BCUT2D eigenvalue weighted by molar-refractivity contribution is -0.139. The SMILES string of the molecule is CCCO[C@](C)(CC)C(=O)Nc1ccc(OCC(C)C)c(C)c1. The van der Waals surface area contributed by atoms with Crippen LogP contribution >= 0.6 is 0 Å². The molecule has 0 saturated carbocycles. The maximum Gasteiger partial charge on any atom is 0.256 e. The van der Waals surface area contributed by atoms with Crippen molar-refractivity contribution in [3.8, 4) is 5.75 Å². The molecule has 0 radical (unpaired) electrons. The molecule has 0 aliphatic carbocycles. The zero-order valence-corrected chi connectivity index (χ0v) is 15.4. The van der Waals surface area contributed by atoms with Crippen LogP contribution in [0.15, 0.2) is 18.2 Å². The van der Waals surface area contributed by atoms with Gasteiger partial charge in [0.15, 0.2) is 0 Å². The predicted octanol–water partition coefficient (Wildman–Crippen LogP) is 4.56. The molecule has 0 spiro atoms. The van der Waals surface area contributed by atoms with Crippen LogP contribution in [-0.4, -0.2) is 24.7 Å². The third-order valence-electron chi connectivity index (χ3n) is 3.78. The van der Waals surface area contributed by atoms with Crippen molar-refractivity contribution in [2.24, 2.45) is 5.92 Å². The van der Waals surface area contributed by atoms with Crippen molar-refractivity contribution >= 4 is 11.6 Å². The van der Waals surface area contributed by atoms with E-state index in [1.54, 1.807) is 0 Å². The number of ether oxygens (including phenoxy) is 2. The summed E-state index contributed by atoms with van der Waals surface area (Å²) in [5.74, 6) is 1.23. The second kappa shape index (κ2) is 8.92. The van der Waals surface area contributed by atoms with Crippen LogP contribution in [-0.2, 0) is 9.53 Å². The third-order valence-corrected chi connectivity index (χ3v) is 3.78. The lowest BCUT2D eigenvalue weighted by Gasteiger charge is -2.27. The highest BCUT2D eigenvalue weighted by atomic mass is 16.5. The molecule has 4 nitrogen and oxygen atoms in total. The summed E-state index contributed by atoms with van der Waals surface area (Å²) in [6, 6.07) is 5.71. The maximum absolute atomic E-state index is 12.5. The molecule has 0 unspecified atom stereocenters. The Balaban J connectivity index is 2.76. The Hall–Kier alpha value is -1.55. The van der Waals surface area contributed by atoms with E-state index in [0.717, 1.165) is 23.4 Å². The van der Waals surface area contributed by atoms with Gasteiger partial charge in [-0.2, -0.15) is 0 Å². The van der Waals surface area contributed by atoms with Crippen LogP contribution in [0.5, 0.6) is 5.75 Å². The first-order valence-corrected chi connectivity index (χ1v) is 8.51. The standard InChI is InChI=1S/C19H31NO3/c1-7-11-23-19(6,8-2)18(21)20-16-9-10-17(15(5)12-16)22-13-14(3)4/h9-10,12,14H,7-8,11,13H2,1-6H3,(H,20,21)/t19-/m1/s1. The smallest absolute Gasteiger partial charge is 0.256 e. The number of aryl methyl sites for hydroxylation is 1. The number of carbonyl (C=O) groups excluding carboxylic acids is 1. The molecule has 1 N–H and O–H groups in total. The molecule has 1 atom stereocenters. The predicted molar refractivity (Wildman–Crippen MR) is 95.1 cm³/mol. The summed E-state index contributed by atoms with van der Waals surface area (Å²) in [5, 5.41) is 2.96. The average molecular weight is 321 g/mol. The van der Waals surface area contributed by atoms with E-state index in [4.69, 9.17) is 9.47 Å². The van der Waals surface area contributed by atoms with E-state index in [2.05, 4.69) is 19.2 Å². The monoisotopic (exact) mass is 321 g/mol. The summed E-state index contributed by atoms with van der Waals surface area (Å²) in [5.41, 5.74) is 0.983. The van der Waals surface area contributed by atoms with Gasteiger partial charge in [-0.3, -0.25) is 4.79 Å². The molecule has 0 heterocycles. The molecule has 0 aliphatic rings. The van der Waals surface area contributed by atoms with E-state index in [0.29, 0.717) is 25.6 Å². The second-order valence-electron chi connectivity index (χ2n) is 6.57. The maximum atomic E-state index is 12.5. The summed E-state index contributed by atoms with van der Waals surface area (Å²) < 4.78 is 11.5. The van der Waals surface area contributed by atoms with Gasteiger partial charge in [0.1, 0.15) is 11.4 Å². The second-order valence-corrected chi connectivity index (χ2v) is 6.57. The molecule has 0 fully saturated rings. The lowest BCUT2D eigenvalue weighted by atomic mass is 10.0. The summed E-state index contributed by atoms with van der Waals surface area (Å²) >= 11 is 0. The zero-order chi connectivity index (χ0) is 17.5. The van der Waals surface area contributed by atoms with Gasteiger partial charge in [-0.1, -0.05) is 27.7 Å². The largest absolute Gasteiger partial charge is 0.493 e. The van der Waals surface area contributed by atoms with Crippen LogP contribution in [0.1, 0.15) is 53.0 Å². The van der Waals surface area contributed by atoms with Crippen LogP contribution in [0.25, 0.3) is 0 Å². The minimum absolute atomic E-state index is 0.108. The number of amides is 1. The zero-order valence-electron chi connectivity index (χ0n) is 15.4. The van der Waals surface area contributed by atoms with Crippen molar-refractivity contribution < 1.29 is 14.3 Å². The number of nitrogens with one attached hydrogen (secondary N) is 1. The van der Waals surface area contributed by atoms with Crippen LogP contribution in [0.4, 0.5) is 5.69 Å². The first-order chi connectivity index (χ1) is 10.8. The minimum atomic E-state index is -0.795. The molecule has 1 aromatic carbocycles. The van der Waals surface area contributed by atoms with Crippen molar-refractivity contribution in [1.29, 1.82) is 0 Å². The van der Waals surface area contributed by atoms with Gasteiger partial charge in [-0.15, -0.1) is 0 Å². The van der Waals surface area contributed by atoms with Crippen LogP contribution in [0.2, 0.25) is 0 Å². The Morgan fingerprint density at radius 3 is 2.52 bits per heavy atom. The molecule has 0 aliphatic heterocycles. The Bertz CT molecular complexity index is 513. The summed E-state index contributed by atoms with van der Waals surface area (Å²) in [7, 11) is 0. The van der Waals surface area contributed by atoms with Crippen molar-refractivity contribution in [1.82, 2.24) is 0 Å². The van der Waals surface area contributed by atoms with E-state index in [1.165, 1.54) is 0 Å². The molecule has 1 aromatic rings. The summed E-state index contributed by atoms with van der Waals surface area (Å²) in [4.78, 5) is 12.5. The Morgan fingerprint density at radius 2 is 2.00 bits per heavy atom. The number of hydrogen-bond donors (Lipinski definition) is 1. The Morgan fingerprint density at radius 1 is 1.30 bits per heavy atom.